The van der Waals surface area contributed by atoms with E-state index in [1.54, 1.807) is 12.4 Å². The second kappa shape index (κ2) is 6.02. The number of nitrogens with one attached hydrogen (secondary N) is 1. The van der Waals surface area contributed by atoms with Gasteiger partial charge >= 0.3 is 0 Å². The van der Waals surface area contributed by atoms with Gasteiger partial charge in [-0.05, 0) is 6.92 Å². The highest BCUT2D eigenvalue weighted by Gasteiger charge is 2.14. The molecule has 0 aliphatic carbocycles. The van der Waals surface area contributed by atoms with Crippen LogP contribution in [0.25, 0.3) is 0 Å². The van der Waals surface area contributed by atoms with Crippen molar-refractivity contribution in [1.82, 2.24) is 9.97 Å². The number of anilines is 1. The van der Waals surface area contributed by atoms with Gasteiger partial charge < -0.3 is 5.32 Å². The number of nitrogens with zero attached hydrogens (tertiary/aromatic N) is 3. The lowest BCUT2D eigenvalue weighted by Gasteiger charge is -2.10. The van der Waals surface area contributed by atoms with Crippen molar-refractivity contribution in [3.63, 3.8) is 0 Å². The Morgan fingerprint density at radius 3 is 2.40 bits per heavy atom. The third-order valence-corrected chi connectivity index (χ3v) is 3.11. The van der Waals surface area contributed by atoms with Gasteiger partial charge in [0.25, 0.3) is 5.69 Å². The summed E-state index contributed by atoms with van der Waals surface area (Å²) in [6, 6.07) is 2.49. The van der Waals surface area contributed by atoms with Crippen LogP contribution in [0, 0.1) is 17.0 Å². The molecule has 0 radical (unpaired) electrons. The summed E-state index contributed by atoms with van der Waals surface area (Å²) < 4.78 is 0. The van der Waals surface area contributed by atoms with Gasteiger partial charge in [-0.15, -0.1) is 0 Å². The van der Waals surface area contributed by atoms with Gasteiger partial charge in [-0.2, -0.15) is 0 Å². The summed E-state index contributed by atoms with van der Waals surface area (Å²) in [7, 11) is 0. The van der Waals surface area contributed by atoms with E-state index in [1.807, 2.05) is 6.92 Å². The van der Waals surface area contributed by atoms with Crippen LogP contribution in [0.15, 0.2) is 24.5 Å². The molecule has 2 rings (SSSR count). The Bertz CT molecular complexity index is 623. The third kappa shape index (κ3) is 3.34. The first-order valence-electron chi connectivity index (χ1n) is 5.62. The summed E-state index contributed by atoms with van der Waals surface area (Å²) in [5.41, 5.74) is 1.81. The van der Waals surface area contributed by atoms with E-state index in [1.165, 1.54) is 12.1 Å². The number of non-ortho nitro benzene ring substituents is 1. The Balaban J connectivity index is 2.17. The van der Waals surface area contributed by atoms with Crippen LogP contribution in [0.4, 0.5) is 11.4 Å². The van der Waals surface area contributed by atoms with E-state index in [4.69, 9.17) is 23.2 Å². The zero-order chi connectivity index (χ0) is 14.7. The SMILES string of the molecule is Cc1cnc(CNc2c(Cl)cc([N+](=O)[O-])cc2Cl)cn1. The molecule has 8 heteroatoms. The number of hydrogen-bond donors (Lipinski definition) is 1. The topological polar surface area (TPSA) is 81.0 Å². The highest BCUT2D eigenvalue weighted by atomic mass is 35.5. The van der Waals surface area contributed by atoms with Crippen molar-refractivity contribution in [2.24, 2.45) is 0 Å². The molecule has 1 aromatic heterocycles. The third-order valence-electron chi connectivity index (χ3n) is 2.52. The number of benzene rings is 1. The summed E-state index contributed by atoms with van der Waals surface area (Å²) in [6.07, 6.45) is 3.28. The lowest BCUT2D eigenvalue weighted by Crippen LogP contribution is -2.04. The monoisotopic (exact) mass is 312 g/mol. The molecule has 0 saturated carbocycles. The largest absolute Gasteiger partial charge is 0.377 e. The molecular formula is C12H10Cl2N4O2. The Morgan fingerprint density at radius 1 is 1.25 bits per heavy atom. The quantitative estimate of drug-likeness (QED) is 0.689. The molecule has 1 N–H and O–H groups in total. The summed E-state index contributed by atoms with van der Waals surface area (Å²) in [5.74, 6) is 0. The van der Waals surface area contributed by atoms with Crippen molar-refractivity contribution in [1.29, 1.82) is 0 Å². The maximum absolute atomic E-state index is 10.7. The van der Waals surface area contributed by atoms with Crippen LogP contribution in [0.3, 0.4) is 0 Å². The Hall–Kier alpha value is -1.92. The molecule has 0 fully saturated rings. The molecule has 0 unspecified atom stereocenters. The zero-order valence-electron chi connectivity index (χ0n) is 10.4. The second-order valence-electron chi connectivity index (χ2n) is 4.04. The molecule has 0 aliphatic heterocycles. The van der Waals surface area contributed by atoms with Gasteiger partial charge in [-0.3, -0.25) is 20.1 Å². The Morgan fingerprint density at radius 2 is 1.90 bits per heavy atom. The average molecular weight is 313 g/mol. The highest BCUT2D eigenvalue weighted by molar-refractivity contribution is 6.39. The molecule has 1 heterocycles. The minimum Gasteiger partial charge on any atom is -0.377 e. The Kier molecular flexibility index (Phi) is 4.36. The maximum Gasteiger partial charge on any atom is 0.272 e. The van der Waals surface area contributed by atoms with Crippen molar-refractivity contribution in [3.8, 4) is 0 Å². The van der Waals surface area contributed by atoms with Gasteiger partial charge in [-0.1, -0.05) is 23.2 Å². The number of halogens is 2. The number of aryl methyl sites for hydroxylation is 1. The highest BCUT2D eigenvalue weighted by Crippen LogP contribution is 2.34. The second-order valence-corrected chi connectivity index (χ2v) is 4.86. The summed E-state index contributed by atoms with van der Waals surface area (Å²) in [5, 5.41) is 14.0. The Labute approximate surface area is 124 Å². The van der Waals surface area contributed by atoms with Crippen molar-refractivity contribution in [2.75, 3.05) is 5.32 Å². The van der Waals surface area contributed by atoms with Crippen molar-refractivity contribution < 1.29 is 4.92 Å². The number of aromatic nitrogens is 2. The summed E-state index contributed by atoms with van der Waals surface area (Å²) in [4.78, 5) is 18.4. The summed E-state index contributed by atoms with van der Waals surface area (Å²) >= 11 is 12.0. The van der Waals surface area contributed by atoms with Crippen LogP contribution in [-0.2, 0) is 6.54 Å². The molecular weight excluding hydrogens is 303 g/mol. The first-order chi connectivity index (χ1) is 9.47. The fourth-order valence-corrected chi connectivity index (χ4v) is 2.13. The molecule has 6 nitrogen and oxygen atoms in total. The fourth-order valence-electron chi connectivity index (χ4n) is 1.52. The van der Waals surface area contributed by atoms with E-state index in [-0.39, 0.29) is 15.7 Å². The fraction of sp³-hybridized carbons (Fsp3) is 0.167. The number of rotatable bonds is 4. The molecule has 20 heavy (non-hydrogen) atoms. The van der Waals surface area contributed by atoms with Crippen LogP contribution >= 0.6 is 23.2 Å². The van der Waals surface area contributed by atoms with Crippen molar-refractivity contribution in [2.45, 2.75) is 13.5 Å². The molecule has 0 bridgehead atoms. The average Bonchev–Trinajstić information content (AvgIpc) is 2.39. The molecule has 0 saturated heterocycles. The van der Waals surface area contributed by atoms with Gasteiger partial charge in [0.15, 0.2) is 0 Å². The van der Waals surface area contributed by atoms with Gasteiger partial charge in [0.05, 0.1) is 44.8 Å². The van der Waals surface area contributed by atoms with Gasteiger partial charge in [0.2, 0.25) is 0 Å². The minimum atomic E-state index is -0.549. The normalized spacial score (nSPS) is 10.3. The van der Waals surface area contributed by atoms with Crippen molar-refractivity contribution in [3.05, 3.63) is 56.1 Å². The molecule has 2 aromatic rings. The minimum absolute atomic E-state index is 0.152. The maximum atomic E-state index is 10.7. The number of nitro benzene ring substituents is 1. The molecule has 0 spiro atoms. The zero-order valence-corrected chi connectivity index (χ0v) is 11.9. The predicted molar refractivity (Wildman–Crippen MR) is 77.2 cm³/mol. The molecule has 0 atom stereocenters. The lowest BCUT2D eigenvalue weighted by molar-refractivity contribution is -0.384. The van der Waals surface area contributed by atoms with E-state index in [0.29, 0.717) is 17.9 Å². The van der Waals surface area contributed by atoms with E-state index >= 15 is 0 Å². The predicted octanol–water partition coefficient (Wildman–Crippen LogP) is 3.61. The van der Waals surface area contributed by atoms with Crippen molar-refractivity contribution >= 4 is 34.6 Å². The molecule has 104 valence electrons. The molecule has 0 amide bonds. The van der Waals surface area contributed by atoms with Gasteiger partial charge in [0, 0.05) is 18.3 Å². The van der Waals surface area contributed by atoms with Crippen LogP contribution in [0.5, 0.6) is 0 Å². The van der Waals surface area contributed by atoms with Crippen LogP contribution in [0.1, 0.15) is 11.4 Å². The smallest absolute Gasteiger partial charge is 0.272 e. The standard InChI is InChI=1S/C12H10Cl2N4O2/c1-7-4-16-8(5-15-7)6-17-12-10(13)2-9(18(19)20)3-11(12)14/h2-5,17H,6H2,1H3. The van der Waals surface area contributed by atoms with E-state index < -0.39 is 4.92 Å². The first-order valence-corrected chi connectivity index (χ1v) is 6.38. The van der Waals surface area contributed by atoms with E-state index in [0.717, 1.165) is 5.69 Å². The molecule has 0 aliphatic rings. The van der Waals surface area contributed by atoms with E-state index in [9.17, 15) is 10.1 Å². The van der Waals surface area contributed by atoms with Gasteiger partial charge in [-0.25, -0.2) is 0 Å². The van der Waals surface area contributed by atoms with Crippen LogP contribution in [-0.4, -0.2) is 14.9 Å². The van der Waals surface area contributed by atoms with Crippen LogP contribution < -0.4 is 5.32 Å². The summed E-state index contributed by atoms with van der Waals surface area (Å²) in [6.45, 7) is 2.21. The first kappa shape index (κ1) is 14.5. The van der Waals surface area contributed by atoms with Crippen LogP contribution in [0.2, 0.25) is 10.0 Å². The number of hydrogen-bond acceptors (Lipinski definition) is 5. The lowest BCUT2D eigenvalue weighted by atomic mass is 10.2. The van der Waals surface area contributed by atoms with E-state index in [2.05, 4.69) is 15.3 Å². The number of nitro groups is 1. The van der Waals surface area contributed by atoms with Gasteiger partial charge in [0.1, 0.15) is 0 Å². The molecule has 1 aromatic carbocycles.